The van der Waals surface area contributed by atoms with Crippen molar-refractivity contribution in [3.63, 3.8) is 0 Å². The third-order valence-corrected chi connectivity index (χ3v) is 1.82. The predicted octanol–water partition coefficient (Wildman–Crippen LogP) is 0.555. The lowest BCUT2D eigenvalue weighted by atomic mass is 10.2. The third-order valence-electron chi connectivity index (χ3n) is 1.82. The van der Waals surface area contributed by atoms with Gasteiger partial charge >= 0.3 is 5.97 Å². The maximum atomic E-state index is 10.9. The summed E-state index contributed by atoms with van der Waals surface area (Å²) in [6, 6.07) is 0. The van der Waals surface area contributed by atoms with Gasteiger partial charge in [-0.25, -0.2) is 4.98 Å². The first kappa shape index (κ1) is 7.21. The van der Waals surface area contributed by atoms with Crippen LogP contribution in [0.2, 0.25) is 0 Å². The predicted molar refractivity (Wildman–Crippen MR) is 40.8 cm³/mol. The van der Waals surface area contributed by atoms with Crippen LogP contribution in [0.4, 0.5) is 0 Å². The molecule has 0 spiro atoms. The van der Waals surface area contributed by atoms with Gasteiger partial charge in [-0.3, -0.25) is 4.79 Å². The highest BCUT2D eigenvalue weighted by atomic mass is 16.5. The molecule has 0 unspecified atom stereocenters. The van der Waals surface area contributed by atoms with Gasteiger partial charge in [0.2, 0.25) is 5.88 Å². The first-order valence-electron chi connectivity index (χ1n) is 3.71. The Bertz CT molecular complexity index is 360. The zero-order valence-electron chi connectivity index (χ0n) is 6.92. The van der Waals surface area contributed by atoms with Gasteiger partial charge in [-0.1, -0.05) is 0 Å². The van der Waals surface area contributed by atoms with Crippen LogP contribution in [0.1, 0.15) is 17.1 Å². The summed E-state index contributed by atoms with van der Waals surface area (Å²) in [5.41, 5.74) is 1.66. The summed E-state index contributed by atoms with van der Waals surface area (Å²) >= 11 is 0. The van der Waals surface area contributed by atoms with Gasteiger partial charge < -0.3 is 4.74 Å². The second-order valence-electron chi connectivity index (χ2n) is 2.79. The second kappa shape index (κ2) is 2.27. The molecule has 0 fully saturated rings. The molecule has 1 aromatic rings. The van der Waals surface area contributed by atoms with Crippen molar-refractivity contribution in [3.8, 4) is 5.88 Å². The molecule has 0 atom stereocenters. The fraction of sp³-hybridized carbons (Fsp3) is 0.375. The van der Waals surface area contributed by atoms with Crippen molar-refractivity contribution in [2.45, 2.75) is 20.3 Å². The first-order valence-corrected chi connectivity index (χ1v) is 3.71. The number of hydrogen-bond donors (Lipinski definition) is 0. The summed E-state index contributed by atoms with van der Waals surface area (Å²) < 4.78 is 4.88. The molecule has 1 aliphatic rings. The highest BCUT2D eigenvalue weighted by Crippen LogP contribution is 2.24. The van der Waals surface area contributed by atoms with Crippen molar-refractivity contribution in [2.24, 2.45) is 0 Å². The zero-order chi connectivity index (χ0) is 8.72. The fourth-order valence-electron chi connectivity index (χ4n) is 1.28. The lowest BCUT2D eigenvalue weighted by molar-refractivity contribution is -0.132. The Labute approximate surface area is 69.6 Å². The summed E-state index contributed by atoms with van der Waals surface area (Å²) in [5.74, 6) is 0.832. The summed E-state index contributed by atoms with van der Waals surface area (Å²) in [4.78, 5) is 19.0. The van der Waals surface area contributed by atoms with E-state index in [9.17, 15) is 4.79 Å². The Hall–Kier alpha value is -1.45. The quantitative estimate of drug-likeness (QED) is 0.525. The Morgan fingerprint density at radius 3 is 2.83 bits per heavy atom. The van der Waals surface area contributed by atoms with E-state index in [2.05, 4.69) is 9.97 Å². The fourth-order valence-corrected chi connectivity index (χ4v) is 1.28. The number of hydrogen-bond acceptors (Lipinski definition) is 4. The Morgan fingerprint density at radius 1 is 1.33 bits per heavy atom. The van der Waals surface area contributed by atoms with E-state index in [0.29, 0.717) is 18.1 Å². The van der Waals surface area contributed by atoms with E-state index < -0.39 is 0 Å². The molecular weight excluding hydrogens is 156 g/mol. The van der Waals surface area contributed by atoms with Crippen LogP contribution in [0, 0.1) is 13.8 Å². The minimum absolute atomic E-state index is 0.243. The molecule has 0 saturated heterocycles. The minimum Gasteiger partial charge on any atom is -0.407 e. The average molecular weight is 164 g/mol. The van der Waals surface area contributed by atoms with E-state index >= 15 is 0 Å². The van der Waals surface area contributed by atoms with Gasteiger partial charge in [0.15, 0.2) is 0 Å². The van der Waals surface area contributed by atoms with E-state index in [1.807, 2.05) is 6.92 Å². The van der Waals surface area contributed by atoms with Crippen LogP contribution in [0.3, 0.4) is 0 Å². The topological polar surface area (TPSA) is 52.1 Å². The Morgan fingerprint density at radius 2 is 2.08 bits per heavy atom. The molecule has 0 amide bonds. The van der Waals surface area contributed by atoms with E-state index in [0.717, 1.165) is 11.3 Å². The van der Waals surface area contributed by atoms with Crippen LogP contribution in [0.15, 0.2) is 0 Å². The highest BCUT2D eigenvalue weighted by Gasteiger charge is 2.24. The summed E-state index contributed by atoms with van der Waals surface area (Å²) in [7, 11) is 0. The van der Waals surface area contributed by atoms with Gasteiger partial charge in [-0.05, 0) is 13.8 Å². The van der Waals surface area contributed by atoms with E-state index in [1.165, 1.54) is 0 Å². The lowest BCUT2D eigenvalue weighted by Gasteiger charge is -1.99. The largest absolute Gasteiger partial charge is 0.407 e. The highest BCUT2D eigenvalue weighted by molar-refractivity contribution is 5.80. The maximum Gasteiger partial charge on any atom is 0.317 e. The van der Waals surface area contributed by atoms with Crippen molar-refractivity contribution in [1.29, 1.82) is 0 Å². The molecule has 12 heavy (non-hydrogen) atoms. The molecule has 2 rings (SSSR count). The van der Waals surface area contributed by atoms with Crippen LogP contribution in [-0.4, -0.2) is 15.9 Å². The van der Waals surface area contributed by atoms with Crippen LogP contribution in [0.5, 0.6) is 5.88 Å². The molecular formula is C8H8N2O2. The van der Waals surface area contributed by atoms with Crippen molar-refractivity contribution < 1.29 is 9.53 Å². The molecule has 0 aromatic carbocycles. The van der Waals surface area contributed by atoms with E-state index in [-0.39, 0.29) is 5.97 Å². The normalized spacial score (nSPS) is 14.3. The number of rotatable bonds is 0. The number of carbonyl (C=O) groups excluding carboxylic acids is 1. The monoisotopic (exact) mass is 164 g/mol. The molecule has 4 heteroatoms. The van der Waals surface area contributed by atoms with Crippen LogP contribution in [0.25, 0.3) is 0 Å². The van der Waals surface area contributed by atoms with Crippen molar-refractivity contribution in [2.75, 3.05) is 0 Å². The van der Waals surface area contributed by atoms with Gasteiger partial charge in [0.05, 0.1) is 6.42 Å². The molecule has 0 radical (unpaired) electrons. The molecule has 0 N–H and O–H groups in total. The number of fused-ring (bicyclic) bond motifs is 1. The van der Waals surface area contributed by atoms with Gasteiger partial charge in [-0.2, -0.15) is 4.98 Å². The number of aromatic nitrogens is 2. The van der Waals surface area contributed by atoms with Gasteiger partial charge in [0.25, 0.3) is 0 Å². The number of carbonyl (C=O) groups is 1. The smallest absolute Gasteiger partial charge is 0.317 e. The van der Waals surface area contributed by atoms with Crippen molar-refractivity contribution >= 4 is 5.97 Å². The summed E-state index contributed by atoms with van der Waals surface area (Å²) in [5, 5.41) is 0. The van der Waals surface area contributed by atoms with Gasteiger partial charge in [0, 0.05) is 11.3 Å². The zero-order valence-corrected chi connectivity index (χ0v) is 6.92. The SMILES string of the molecule is Cc1nc(C)c2c(n1)OC(=O)C2. The van der Waals surface area contributed by atoms with Gasteiger partial charge in [0.1, 0.15) is 5.82 Å². The average Bonchev–Trinajstić information content (AvgIpc) is 2.29. The first-order chi connectivity index (χ1) is 5.66. The summed E-state index contributed by atoms with van der Waals surface area (Å²) in [6.45, 7) is 3.63. The van der Waals surface area contributed by atoms with E-state index in [4.69, 9.17) is 4.74 Å². The Kier molecular flexibility index (Phi) is 1.36. The molecule has 0 bridgehead atoms. The molecule has 0 saturated carbocycles. The maximum absolute atomic E-state index is 10.9. The van der Waals surface area contributed by atoms with Crippen LogP contribution in [-0.2, 0) is 11.2 Å². The molecule has 2 heterocycles. The minimum atomic E-state index is -0.243. The van der Waals surface area contributed by atoms with E-state index in [1.54, 1.807) is 6.92 Å². The standard InChI is InChI=1S/C8H8N2O2/c1-4-6-3-7(11)12-8(6)10-5(2)9-4/h3H2,1-2H3. The van der Waals surface area contributed by atoms with Crippen molar-refractivity contribution in [3.05, 3.63) is 17.1 Å². The van der Waals surface area contributed by atoms with Crippen molar-refractivity contribution in [1.82, 2.24) is 9.97 Å². The number of esters is 1. The number of aryl methyl sites for hydroxylation is 2. The molecule has 1 aliphatic heterocycles. The van der Waals surface area contributed by atoms with Crippen LogP contribution < -0.4 is 4.74 Å². The molecule has 4 nitrogen and oxygen atoms in total. The summed E-state index contributed by atoms with van der Waals surface area (Å²) in [6.07, 6.45) is 0.307. The number of ether oxygens (including phenoxy) is 1. The van der Waals surface area contributed by atoms with Gasteiger partial charge in [-0.15, -0.1) is 0 Å². The third kappa shape index (κ3) is 0.958. The second-order valence-corrected chi connectivity index (χ2v) is 2.79. The van der Waals surface area contributed by atoms with Crippen LogP contribution >= 0.6 is 0 Å². The molecule has 0 aliphatic carbocycles. The Balaban J connectivity index is 2.59. The molecule has 62 valence electrons. The number of nitrogens with zero attached hydrogens (tertiary/aromatic N) is 2. The molecule has 1 aromatic heterocycles. The lowest BCUT2D eigenvalue weighted by Crippen LogP contribution is -2.00.